The van der Waals surface area contributed by atoms with Gasteiger partial charge in [-0.25, -0.2) is 0 Å². The average molecular weight is 350 g/mol. The third-order valence-electron chi connectivity index (χ3n) is 3.45. The highest BCUT2D eigenvalue weighted by molar-refractivity contribution is 6.31. The van der Waals surface area contributed by atoms with Gasteiger partial charge >= 0.3 is 0 Å². The lowest BCUT2D eigenvalue weighted by Crippen LogP contribution is -2.20. The van der Waals surface area contributed by atoms with Gasteiger partial charge in [-0.2, -0.15) is 0 Å². The first-order chi connectivity index (χ1) is 11.6. The van der Waals surface area contributed by atoms with Crippen LogP contribution in [0.3, 0.4) is 0 Å². The fraction of sp³-hybridized carbons (Fsp3) is 0.278. The number of aryl methyl sites for hydroxylation is 1. The number of nitrogens with one attached hydrogen (secondary N) is 1. The maximum atomic E-state index is 12.1. The molecule has 2 rings (SSSR count). The van der Waals surface area contributed by atoms with E-state index in [1.54, 1.807) is 37.4 Å². The number of halogens is 1. The fourth-order valence-electron chi connectivity index (χ4n) is 2.15. The van der Waals surface area contributed by atoms with Gasteiger partial charge in [0.2, 0.25) is 0 Å². The Labute approximate surface area is 146 Å². The van der Waals surface area contributed by atoms with Crippen LogP contribution in [0.4, 0.5) is 5.69 Å². The van der Waals surface area contributed by atoms with Crippen LogP contribution in [0, 0.1) is 0 Å². The van der Waals surface area contributed by atoms with Crippen LogP contribution in [0.5, 0.6) is 17.2 Å². The molecule has 5 nitrogen and oxygen atoms in total. The fourth-order valence-corrected chi connectivity index (χ4v) is 2.40. The Kier molecular flexibility index (Phi) is 6.32. The van der Waals surface area contributed by atoms with E-state index >= 15 is 0 Å². The molecule has 0 atom stereocenters. The van der Waals surface area contributed by atoms with E-state index in [1.807, 2.05) is 13.0 Å². The van der Waals surface area contributed by atoms with Crippen LogP contribution in [0.25, 0.3) is 0 Å². The SMILES string of the molecule is CCc1cc(OCC(=O)Nc2ccc(OC)cc2OC)ccc1Cl. The number of carbonyl (C=O) groups excluding carboxylic acids is 1. The van der Waals surface area contributed by atoms with Crippen LogP contribution in [-0.2, 0) is 11.2 Å². The van der Waals surface area contributed by atoms with Crippen molar-refractivity contribution < 1.29 is 19.0 Å². The van der Waals surface area contributed by atoms with Crippen LogP contribution in [0.15, 0.2) is 36.4 Å². The number of methoxy groups -OCH3 is 2. The largest absolute Gasteiger partial charge is 0.497 e. The molecule has 2 aromatic rings. The smallest absolute Gasteiger partial charge is 0.262 e. The standard InChI is InChI=1S/C18H20ClNO4/c1-4-12-9-14(5-7-15(12)19)24-11-18(21)20-16-8-6-13(22-2)10-17(16)23-3/h5-10H,4,11H2,1-3H3,(H,20,21). The molecule has 128 valence electrons. The van der Waals surface area contributed by atoms with Gasteiger partial charge in [0, 0.05) is 11.1 Å². The highest BCUT2D eigenvalue weighted by Gasteiger charge is 2.10. The Morgan fingerprint density at radius 2 is 1.83 bits per heavy atom. The molecule has 0 aliphatic heterocycles. The van der Waals surface area contributed by atoms with Gasteiger partial charge in [0.25, 0.3) is 5.91 Å². The van der Waals surface area contributed by atoms with Crippen LogP contribution in [-0.4, -0.2) is 26.7 Å². The maximum absolute atomic E-state index is 12.1. The number of anilines is 1. The van der Waals surface area contributed by atoms with Crippen molar-refractivity contribution >= 4 is 23.2 Å². The Hall–Kier alpha value is -2.40. The number of ether oxygens (including phenoxy) is 3. The zero-order valence-electron chi connectivity index (χ0n) is 13.9. The van der Waals surface area contributed by atoms with Gasteiger partial charge < -0.3 is 19.5 Å². The van der Waals surface area contributed by atoms with Crippen LogP contribution >= 0.6 is 11.6 Å². The van der Waals surface area contributed by atoms with Gasteiger partial charge in [0.05, 0.1) is 19.9 Å². The summed E-state index contributed by atoms with van der Waals surface area (Å²) in [6.07, 6.45) is 0.797. The first-order valence-electron chi connectivity index (χ1n) is 7.50. The number of benzene rings is 2. The number of amides is 1. The van der Waals surface area contributed by atoms with Gasteiger partial charge in [-0.3, -0.25) is 4.79 Å². The van der Waals surface area contributed by atoms with Gasteiger partial charge in [-0.05, 0) is 42.3 Å². The van der Waals surface area contributed by atoms with E-state index in [1.165, 1.54) is 7.11 Å². The molecule has 2 aromatic carbocycles. The van der Waals surface area contributed by atoms with Crippen molar-refractivity contribution in [2.45, 2.75) is 13.3 Å². The molecule has 1 N–H and O–H groups in total. The second-order valence-electron chi connectivity index (χ2n) is 5.01. The molecule has 6 heteroatoms. The molecule has 0 saturated heterocycles. The molecular formula is C18H20ClNO4. The Morgan fingerprint density at radius 3 is 2.50 bits per heavy atom. The maximum Gasteiger partial charge on any atom is 0.262 e. The Bertz CT molecular complexity index is 718. The highest BCUT2D eigenvalue weighted by Crippen LogP contribution is 2.29. The van der Waals surface area contributed by atoms with E-state index in [-0.39, 0.29) is 12.5 Å². The topological polar surface area (TPSA) is 56.8 Å². The van der Waals surface area contributed by atoms with Crippen molar-refractivity contribution in [3.05, 3.63) is 47.0 Å². The van der Waals surface area contributed by atoms with Gasteiger partial charge in [0.1, 0.15) is 17.2 Å². The summed E-state index contributed by atoms with van der Waals surface area (Å²) in [5.74, 6) is 1.48. The van der Waals surface area contributed by atoms with Crippen LogP contribution in [0.1, 0.15) is 12.5 Å². The number of hydrogen-bond acceptors (Lipinski definition) is 4. The normalized spacial score (nSPS) is 10.2. The minimum Gasteiger partial charge on any atom is -0.497 e. The van der Waals surface area contributed by atoms with Crippen LogP contribution in [0.2, 0.25) is 5.02 Å². The molecule has 0 aliphatic carbocycles. The molecule has 0 heterocycles. The van der Waals surface area contributed by atoms with Gasteiger partial charge in [-0.15, -0.1) is 0 Å². The lowest BCUT2D eigenvalue weighted by Gasteiger charge is -2.12. The first-order valence-corrected chi connectivity index (χ1v) is 7.88. The summed E-state index contributed by atoms with van der Waals surface area (Å²) in [6, 6.07) is 10.5. The van der Waals surface area contributed by atoms with Crippen molar-refractivity contribution in [3.8, 4) is 17.2 Å². The van der Waals surface area contributed by atoms with E-state index in [4.69, 9.17) is 25.8 Å². The molecule has 24 heavy (non-hydrogen) atoms. The molecule has 0 unspecified atom stereocenters. The van der Waals surface area contributed by atoms with Crippen LogP contribution < -0.4 is 19.5 Å². The zero-order valence-corrected chi connectivity index (χ0v) is 14.6. The quantitative estimate of drug-likeness (QED) is 0.822. The predicted octanol–water partition coefficient (Wildman–Crippen LogP) is 3.94. The van der Waals surface area contributed by atoms with E-state index in [2.05, 4.69) is 5.32 Å². The zero-order chi connectivity index (χ0) is 17.5. The Balaban J connectivity index is 1.98. The predicted molar refractivity (Wildman–Crippen MR) is 94.5 cm³/mol. The lowest BCUT2D eigenvalue weighted by molar-refractivity contribution is -0.118. The highest BCUT2D eigenvalue weighted by atomic mass is 35.5. The van der Waals surface area contributed by atoms with Crippen molar-refractivity contribution in [1.82, 2.24) is 0 Å². The summed E-state index contributed by atoms with van der Waals surface area (Å²) in [7, 11) is 3.10. The summed E-state index contributed by atoms with van der Waals surface area (Å²) in [5, 5.41) is 3.44. The van der Waals surface area contributed by atoms with E-state index in [0.29, 0.717) is 28.0 Å². The molecule has 0 aliphatic rings. The summed E-state index contributed by atoms with van der Waals surface area (Å²) in [4.78, 5) is 12.1. The third-order valence-corrected chi connectivity index (χ3v) is 3.82. The second kappa shape index (κ2) is 8.45. The van der Waals surface area contributed by atoms with E-state index < -0.39 is 0 Å². The summed E-state index contributed by atoms with van der Waals surface area (Å²) in [6.45, 7) is 1.90. The number of rotatable bonds is 7. The molecule has 0 spiro atoms. The van der Waals surface area contributed by atoms with E-state index in [9.17, 15) is 4.79 Å². The van der Waals surface area contributed by atoms with Crippen molar-refractivity contribution in [3.63, 3.8) is 0 Å². The summed E-state index contributed by atoms with van der Waals surface area (Å²) in [5.41, 5.74) is 1.53. The molecule has 0 saturated carbocycles. The molecule has 0 aromatic heterocycles. The molecule has 0 bridgehead atoms. The summed E-state index contributed by atoms with van der Waals surface area (Å²) >= 11 is 6.07. The van der Waals surface area contributed by atoms with Crippen molar-refractivity contribution in [2.24, 2.45) is 0 Å². The lowest BCUT2D eigenvalue weighted by atomic mass is 10.1. The second-order valence-corrected chi connectivity index (χ2v) is 5.42. The first kappa shape index (κ1) is 17.9. The van der Waals surface area contributed by atoms with Gasteiger partial charge in [0.15, 0.2) is 6.61 Å². The molecule has 0 radical (unpaired) electrons. The molecule has 1 amide bonds. The van der Waals surface area contributed by atoms with E-state index in [0.717, 1.165) is 12.0 Å². The average Bonchev–Trinajstić information content (AvgIpc) is 2.61. The number of hydrogen-bond donors (Lipinski definition) is 1. The van der Waals surface area contributed by atoms with Crippen molar-refractivity contribution in [1.29, 1.82) is 0 Å². The summed E-state index contributed by atoms with van der Waals surface area (Å²) < 4.78 is 15.9. The minimum atomic E-state index is -0.286. The molecular weight excluding hydrogens is 330 g/mol. The Morgan fingerprint density at radius 1 is 1.08 bits per heavy atom. The molecule has 0 fully saturated rings. The third kappa shape index (κ3) is 4.55. The minimum absolute atomic E-state index is 0.111. The van der Waals surface area contributed by atoms with Gasteiger partial charge in [-0.1, -0.05) is 18.5 Å². The number of carbonyl (C=O) groups is 1. The van der Waals surface area contributed by atoms with Crippen molar-refractivity contribution in [2.75, 3.05) is 26.1 Å². The monoisotopic (exact) mass is 349 g/mol.